The van der Waals surface area contributed by atoms with Crippen molar-refractivity contribution < 1.29 is 23.9 Å². The molecule has 1 fully saturated rings. The lowest BCUT2D eigenvalue weighted by atomic mass is 9.97. The third-order valence-corrected chi connectivity index (χ3v) is 4.35. The van der Waals surface area contributed by atoms with Crippen molar-refractivity contribution >= 4 is 29.2 Å². The highest BCUT2D eigenvalue weighted by Crippen LogP contribution is 2.30. The first-order valence-corrected chi connectivity index (χ1v) is 8.38. The molecule has 1 N–H and O–H groups in total. The average molecular weight is 366 g/mol. The van der Waals surface area contributed by atoms with E-state index in [4.69, 9.17) is 4.74 Å². The normalized spacial score (nSPS) is 16.1. The maximum atomic E-state index is 13.3. The molecule has 3 amide bonds. The van der Waals surface area contributed by atoms with Gasteiger partial charge in [-0.05, 0) is 12.1 Å². The minimum Gasteiger partial charge on any atom is -0.344 e. The van der Waals surface area contributed by atoms with Crippen LogP contribution in [0, 0.1) is 0 Å². The molecule has 7 nitrogen and oxygen atoms in total. The van der Waals surface area contributed by atoms with Gasteiger partial charge in [-0.25, -0.2) is 4.90 Å². The van der Waals surface area contributed by atoms with Crippen LogP contribution in [0.2, 0.25) is 0 Å². The quantitative estimate of drug-likeness (QED) is 0.480. The molecule has 138 valence electrons. The molecule has 1 saturated heterocycles. The number of anilines is 1. The fraction of sp³-hybridized carbons (Fsp3) is 0.200. The minimum atomic E-state index is -2.41. The summed E-state index contributed by atoms with van der Waals surface area (Å²) in [6.07, 6.45) is -0.157. The van der Waals surface area contributed by atoms with E-state index in [1.165, 1.54) is 12.1 Å². The van der Waals surface area contributed by atoms with Crippen LogP contribution in [0.4, 0.5) is 5.69 Å². The molecule has 7 heteroatoms. The lowest BCUT2D eigenvalue weighted by molar-refractivity contribution is -0.170. The topological polar surface area (TPSA) is 92.8 Å². The molecular weight excluding hydrogens is 348 g/mol. The molecule has 0 saturated carbocycles. The third-order valence-electron chi connectivity index (χ3n) is 4.35. The number of likely N-dealkylation sites (tertiary alicyclic amines) is 1. The van der Waals surface area contributed by atoms with Crippen LogP contribution in [0.3, 0.4) is 0 Å². The Bertz CT molecular complexity index is 866. The zero-order valence-electron chi connectivity index (χ0n) is 14.7. The van der Waals surface area contributed by atoms with E-state index in [2.05, 4.69) is 5.32 Å². The molecule has 1 unspecified atom stereocenters. The van der Waals surface area contributed by atoms with Crippen molar-refractivity contribution in [1.29, 1.82) is 0 Å². The number of carbonyl (C=O) groups excluding carboxylic acids is 4. The maximum Gasteiger partial charge on any atom is 0.295 e. The summed E-state index contributed by atoms with van der Waals surface area (Å²) in [7, 11) is 1.13. The molecule has 1 atom stereocenters. The molecule has 0 aromatic heterocycles. The van der Waals surface area contributed by atoms with Crippen molar-refractivity contribution in [2.24, 2.45) is 0 Å². The van der Waals surface area contributed by atoms with Crippen molar-refractivity contribution in [3.63, 3.8) is 0 Å². The van der Waals surface area contributed by atoms with E-state index >= 15 is 0 Å². The number of ketones is 1. The van der Waals surface area contributed by atoms with Gasteiger partial charge in [0.2, 0.25) is 17.6 Å². The Morgan fingerprint density at radius 2 is 1.44 bits per heavy atom. The number of hydrogen-bond acceptors (Lipinski definition) is 5. The van der Waals surface area contributed by atoms with Crippen LogP contribution in [0.15, 0.2) is 60.7 Å². The molecule has 1 aliphatic heterocycles. The minimum absolute atomic E-state index is 0.0787. The molecule has 3 rings (SSSR count). The summed E-state index contributed by atoms with van der Waals surface area (Å²) in [4.78, 5) is 51.8. The lowest BCUT2D eigenvalue weighted by Crippen LogP contribution is -2.65. The highest BCUT2D eigenvalue weighted by Gasteiger charge is 2.58. The first kappa shape index (κ1) is 18.5. The highest BCUT2D eigenvalue weighted by molar-refractivity contribution is 6.24. The van der Waals surface area contributed by atoms with Gasteiger partial charge in [0.05, 0.1) is 0 Å². The Hall–Kier alpha value is -3.32. The second kappa shape index (κ2) is 7.51. The van der Waals surface area contributed by atoms with Crippen LogP contribution in [0.5, 0.6) is 0 Å². The predicted octanol–water partition coefficient (Wildman–Crippen LogP) is 2.00. The Morgan fingerprint density at radius 3 is 1.96 bits per heavy atom. The zero-order chi connectivity index (χ0) is 19.4. The predicted molar refractivity (Wildman–Crippen MR) is 96.7 cm³/mol. The van der Waals surface area contributed by atoms with E-state index in [0.29, 0.717) is 10.6 Å². The average Bonchev–Trinajstić information content (AvgIpc) is 3.03. The second-order valence-electron chi connectivity index (χ2n) is 5.99. The number of rotatable bonds is 6. The maximum absolute atomic E-state index is 13.3. The summed E-state index contributed by atoms with van der Waals surface area (Å²) in [5.41, 5.74) is -1.86. The smallest absolute Gasteiger partial charge is 0.295 e. The number of Topliss-reactive ketones (excluding diaryl/α,β-unsaturated/α-hetero) is 1. The van der Waals surface area contributed by atoms with Gasteiger partial charge < -0.3 is 10.1 Å². The molecule has 0 spiro atoms. The van der Waals surface area contributed by atoms with Crippen molar-refractivity contribution in [3.8, 4) is 0 Å². The van der Waals surface area contributed by atoms with Gasteiger partial charge in [0.15, 0.2) is 0 Å². The SMILES string of the molecule is COC(C(=O)Nc1ccccc1)(C(=O)c1ccccc1)N1C(=O)CCC1=O. The van der Waals surface area contributed by atoms with E-state index in [1.54, 1.807) is 48.5 Å². The fourth-order valence-corrected chi connectivity index (χ4v) is 3.03. The number of benzene rings is 2. The van der Waals surface area contributed by atoms with E-state index < -0.39 is 29.2 Å². The number of methoxy groups -OCH3 is 1. The molecule has 27 heavy (non-hydrogen) atoms. The molecule has 2 aromatic carbocycles. The van der Waals surface area contributed by atoms with Crippen LogP contribution in [0.25, 0.3) is 0 Å². The van der Waals surface area contributed by atoms with Gasteiger partial charge in [-0.2, -0.15) is 0 Å². The Morgan fingerprint density at radius 1 is 0.926 bits per heavy atom. The summed E-state index contributed by atoms with van der Waals surface area (Å²) < 4.78 is 5.34. The van der Waals surface area contributed by atoms with Crippen molar-refractivity contribution in [2.45, 2.75) is 18.6 Å². The van der Waals surface area contributed by atoms with Gasteiger partial charge in [0, 0.05) is 31.2 Å². The number of nitrogens with zero attached hydrogens (tertiary/aromatic N) is 1. The Balaban J connectivity index is 2.10. The first-order chi connectivity index (χ1) is 13.0. The second-order valence-corrected chi connectivity index (χ2v) is 5.99. The van der Waals surface area contributed by atoms with Crippen molar-refractivity contribution in [3.05, 3.63) is 66.2 Å². The molecule has 0 aliphatic carbocycles. The number of para-hydroxylation sites is 1. The van der Waals surface area contributed by atoms with Crippen molar-refractivity contribution in [1.82, 2.24) is 4.90 Å². The number of ether oxygens (including phenoxy) is 1. The first-order valence-electron chi connectivity index (χ1n) is 8.38. The zero-order valence-corrected chi connectivity index (χ0v) is 14.7. The summed E-state index contributed by atoms with van der Waals surface area (Å²) in [6.45, 7) is 0. The van der Waals surface area contributed by atoms with E-state index in [9.17, 15) is 19.2 Å². The largest absolute Gasteiger partial charge is 0.344 e. The van der Waals surface area contributed by atoms with Gasteiger partial charge in [0.1, 0.15) is 0 Å². The van der Waals surface area contributed by atoms with Crippen LogP contribution < -0.4 is 5.32 Å². The van der Waals surface area contributed by atoms with Gasteiger partial charge in [-0.15, -0.1) is 0 Å². The summed E-state index contributed by atoms with van der Waals surface area (Å²) in [5.74, 6) is -2.96. The Kier molecular flexibility index (Phi) is 5.14. The molecule has 0 bridgehead atoms. The van der Waals surface area contributed by atoms with Crippen LogP contribution >= 0.6 is 0 Å². The molecule has 2 aromatic rings. The number of nitrogens with one attached hydrogen (secondary N) is 1. The Labute approximate surface area is 155 Å². The standard InChI is InChI=1S/C20H18N2O5/c1-27-20(22-16(23)12-13-17(22)24,18(25)14-8-4-2-5-9-14)19(26)21-15-10-6-3-7-11-15/h2-11H,12-13H2,1H3,(H,21,26). The summed E-state index contributed by atoms with van der Waals surface area (Å²) >= 11 is 0. The van der Waals surface area contributed by atoms with Crippen LogP contribution in [0.1, 0.15) is 23.2 Å². The van der Waals surface area contributed by atoms with Gasteiger partial charge in [-0.3, -0.25) is 19.2 Å². The number of carbonyl (C=O) groups is 4. The molecule has 0 radical (unpaired) electrons. The molecule has 1 heterocycles. The van der Waals surface area contributed by atoms with Crippen LogP contribution in [-0.2, 0) is 19.1 Å². The summed E-state index contributed by atoms with van der Waals surface area (Å²) in [5, 5.41) is 2.57. The molecule has 1 aliphatic rings. The van der Waals surface area contributed by atoms with Gasteiger partial charge in [-0.1, -0.05) is 48.5 Å². The highest BCUT2D eigenvalue weighted by atomic mass is 16.5. The number of amides is 3. The summed E-state index contributed by atoms with van der Waals surface area (Å²) in [6, 6.07) is 16.4. The van der Waals surface area contributed by atoms with E-state index in [-0.39, 0.29) is 18.4 Å². The monoisotopic (exact) mass is 366 g/mol. The van der Waals surface area contributed by atoms with Crippen LogP contribution in [-0.4, -0.2) is 41.2 Å². The number of imide groups is 1. The van der Waals surface area contributed by atoms with E-state index in [0.717, 1.165) is 7.11 Å². The number of hydrogen-bond donors (Lipinski definition) is 1. The van der Waals surface area contributed by atoms with E-state index in [1.807, 2.05) is 0 Å². The third kappa shape index (κ3) is 3.24. The van der Waals surface area contributed by atoms with Gasteiger partial charge in [0.25, 0.3) is 11.6 Å². The molecular formula is C20H18N2O5. The van der Waals surface area contributed by atoms with Crippen molar-refractivity contribution in [2.75, 3.05) is 12.4 Å². The lowest BCUT2D eigenvalue weighted by Gasteiger charge is -2.36. The fourth-order valence-electron chi connectivity index (χ4n) is 3.03. The van der Waals surface area contributed by atoms with Gasteiger partial charge >= 0.3 is 0 Å².